The number of aromatic amines is 1. The van der Waals surface area contributed by atoms with E-state index in [1.54, 1.807) is 25.1 Å². The van der Waals surface area contributed by atoms with Gasteiger partial charge in [-0.25, -0.2) is 4.68 Å². The maximum atomic E-state index is 12.3. The zero-order valence-electron chi connectivity index (χ0n) is 14.4. The molecule has 1 atom stereocenters. The van der Waals surface area contributed by atoms with Crippen LogP contribution in [0, 0.1) is 0 Å². The summed E-state index contributed by atoms with van der Waals surface area (Å²) in [6.45, 7) is 4.30. The van der Waals surface area contributed by atoms with Crippen molar-refractivity contribution in [2.75, 3.05) is 18.9 Å². The van der Waals surface area contributed by atoms with Crippen LogP contribution in [0.4, 0.5) is 5.95 Å². The Morgan fingerprint density at radius 1 is 1.50 bits per heavy atom. The predicted molar refractivity (Wildman–Crippen MR) is 92.0 cm³/mol. The van der Waals surface area contributed by atoms with E-state index in [-0.39, 0.29) is 11.5 Å². The number of nitrogens with one attached hydrogen (secondary N) is 2. The van der Waals surface area contributed by atoms with E-state index in [9.17, 15) is 9.59 Å². The lowest BCUT2D eigenvalue weighted by Crippen LogP contribution is -2.39. The van der Waals surface area contributed by atoms with Crippen LogP contribution < -0.4 is 10.9 Å². The van der Waals surface area contributed by atoms with Crippen molar-refractivity contribution in [1.29, 1.82) is 0 Å². The zero-order chi connectivity index (χ0) is 17.3. The molecule has 2 heterocycles. The molecule has 1 aliphatic carbocycles. The van der Waals surface area contributed by atoms with Crippen LogP contribution in [-0.4, -0.2) is 50.2 Å². The molecule has 2 aromatic rings. The fourth-order valence-corrected chi connectivity index (χ4v) is 3.17. The lowest BCUT2D eigenvalue weighted by molar-refractivity contribution is -0.130. The molecule has 1 saturated carbocycles. The Hall–Kier alpha value is -2.38. The summed E-state index contributed by atoms with van der Waals surface area (Å²) < 4.78 is 1.85. The highest BCUT2D eigenvalue weighted by Crippen LogP contribution is 2.30. The van der Waals surface area contributed by atoms with Crippen molar-refractivity contribution in [3.63, 3.8) is 0 Å². The monoisotopic (exact) mass is 332 g/mol. The lowest BCUT2D eigenvalue weighted by atomic mass is 10.2. The number of nitrogens with zero attached hydrogens (tertiary/aromatic N) is 4. The molecule has 130 valence electrons. The van der Waals surface area contributed by atoms with Crippen LogP contribution >= 0.6 is 0 Å². The molecule has 0 unspecified atom stereocenters. The fourth-order valence-electron chi connectivity index (χ4n) is 3.17. The summed E-state index contributed by atoms with van der Waals surface area (Å²) in [6.07, 6.45) is 6.04. The molecule has 1 amide bonds. The molecular weight excluding hydrogens is 308 g/mol. The van der Waals surface area contributed by atoms with Gasteiger partial charge in [0.05, 0.1) is 12.2 Å². The summed E-state index contributed by atoms with van der Waals surface area (Å²) in [5.74, 6) is 0.252. The number of hydrogen-bond donors (Lipinski definition) is 2. The number of amides is 1. The van der Waals surface area contributed by atoms with Gasteiger partial charge in [0, 0.05) is 13.6 Å². The number of H-pyrrole nitrogens is 1. The topological polar surface area (TPSA) is 95.9 Å². The quantitative estimate of drug-likeness (QED) is 0.865. The molecule has 8 nitrogen and oxygen atoms in total. The molecule has 1 aliphatic rings. The first kappa shape index (κ1) is 16.5. The number of hydrogen-bond acceptors (Lipinski definition) is 5. The zero-order valence-corrected chi connectivity index (χ0v) is 14.4. The minimum absolute atomic E-state index is 0.0513. The van der Waals surface area contributed by atoms with E-state index in [1.165, 1.54) is 12.8 Å². The molecule has 3 rings (SSSR count). The van der Waals surface area contributed by atoms with E-state index in [1.807, 2.05) is 11.6 Å². The highest BCUT2D eigenvalue weighted by atomic mass is 16.2. The van der Waals surface area contributed by atoms with Crippen molar-refractivity contribution >= 4 is 22.9 Å². The molecule has 0 spiro atoms. The van der Waals surface area contributed by atoms with E-state index in [0.717, 1.165) is 12.8 Å². The third-order valence-electron chi connectivity index (χ3n) is 4.71. The summed E-state index contributed by atoms with van der Waals surface area (Å²) in [7, 11) is 1.75. The van der Waals surface area contributed by atoms with Crippen molar-refractivity contribution in [3.8, 4) is 0 Å². The molecule has 0 bridgehead atoms. The normalized spacial score (nSPS) is 16.5. The average molecular weight is 332 g/mol. The number of rotatable bonds is 5. The molecular formula is C16H24N6O2. The van der Waals surface area contributed by atoms with Crippen molar-refractivity contribution in [3.05, 3.63) is 16.6 Å². The average Bonchev–Trinajstić information content (AvgIpc) is 3.22. The molecule has 24 heavy (non-hydrogen) atoms. The third kappa shape index (κ3) is 3.00. The van der Waals surface area contributed by atoms with Crippen molar-refractivity contribution < 1.29 is 4.79 Å². The summed E-state index contributed by atoms with van der Waals surface area (Å²) in [5, 5.41) is 7.85. The van der Waals surface area contributed by atoms with E-state index in [0.29, 0.717) is 29.6 Å². The minimum Gasteiger partial charge on any atom is -0.344 e. The van der Waals surface area contributed by atoms with Gasteiger partial charge in [-0.3, -0.25) is 14.6 Å². The van der Waals surface area contributed by atoms with Gasteiger partial charge in [-0.15, -0.1) is 0 Å². The number of fused-ring (bicyclic) bond motifs is 1. The van der Waals surface area contributed by atoms with Gasteiger partial charge in [0.25, 0.3) is 5.56 Å². The fraction of sp³-hybridized carbons (Fsp3) is 0.625. The number of carbonyl (C=O) groups excluding carboxylic acids is 1. The second kappa shape index (κ2) is 6.62. The number of carbonyl (C=O) groups is 1. The molecule has 0 saturated heterocycles. The van der Waals surface area contributed by atoms with E-state index in [4.69, 9.17) is 0 Å². The van der Waals surface area contributed by atoms with Crippen LogP contribution in [0.5, 0.6) is 0 Å². The van der Waals surface area contributed by atoms with Crippen LogP contribution in [0.3, 0.4) is 0 Å². The molecule has 2 N–H and O–H groups in total. The largest absolute Gasteiger partial charge is 0.344 e. The summed E-state index contributed by atoms with van der Waals surface area (Å²) >= 11 is 0. The first-order chi connectivity index (χ1) is 11.5. The molecule has 0 radical (unpaired) electrons. The van der Waals surface area contributed by atoms with Gasteiger partial charge in [-0.1, -0.05) is 12.8 Å². The van der Waals surface area contributed by atoms with Crippen LogP contribution in [0.1, 0.15) is 45.6 Å². The second-order valence-corrected chi connectivity index (χ2v) is 6.40. The Balaban J connectivity index is 1.90. The third-order valence-corrected chi connectivity index (χ3v) is 4.71. The minimum atomic E-state index is -0.474. The highest BCUT2D eigenvalue weighted by Gasteiger charge is 2.22. The first-order valence-corrected chi connectivity index (χ1v) is 8.50. The summed E-state index contributed by atoms with van der Waals surface area (Å²) in [5.41, 5.74) is 0.340. The van der Waals surface area contributed by atoms with Crippen LogP contribution in [0.25, 0.3) is 11.0 Å². The van der Waals surface area contributed by atoms with Gasteiger partial charge in [0.15, 0.2) is 5.65 Å². The Morgan fingerprint density at radius 3 is 2.88 bits per heavy atom. The van der Waals surface area contributed by atoms with Gasteiger partial charge in [0.2, 0.25) is 11.9 Å². The molecule has 1 fully saturated rings. The van der Waals surface area contributed by atoms with Crippen molar-refractivity contribution in [1.82, 2.24) is 24.6 Å². The first-order valence-electron chi connectivity index (χ1n) is 8.50. The summed E-state index contributed by atoms with van der Waals surface area (Å²) in [6, 6.07) is -0.173. The van der Waals surface area contributed by atoms with Gasteiger partial charge < -0.3 is 10.2 Å². The standard InChI is InChI=1S/C16H24N6O2/c1-4-21(3)15(24)10(2)18-16-19-13-12(14(23)20-16)9-17-22(13)11-7-5-6-8-11/h9-11H,4-8H2,1-3H3,(H2,18,19,20,23)/t10-/m1/s1. The molecule has 0 aromatic carbocycles. The molecule has 0 aliphatic heterocycles. The van der Waals surface area contributed by atoms with Crippen LogP contribution in [0.15, 0.2) is 11.0 Å². The van der Waals surface area contributed by atoms with Gasteiger partial charge in [-0.05, 0) is 26.7 Å². The Kier molecular flexibility index (Phi) is 4.55. The van der Waals surface area contributed by atoms with E-state index >= 15 is 0 Å². The van der Waals surface area contributed by atoms with Gasteiger partial charge in [0.1, 0.15) is 11.4 Å². The Labute approximate surface area is 140 Å². The Morgan fingerprint density at radius 2 is 2.21 bits per heavy atom. The molecule has 2 aromatic heterocycles. The van der Waals surface area contributed by atoms with Crippen molar-refractivity contribution in [2.24, 2.45) is 0 Å². The second-order valence-electron chi connectivity index (χ2n) is 6.40. The SMILES string of the molecule is CCN(C)C(=O)[C@@H](C)Nc1nc2c(cnn2C2CCCC2)c(=O)[nH]1. The maximum absolute atomic E-state index is 12.3. The van der Waals surface area contributed by atoms with Crippen LogP contribution in [0.2, 0.25) is 0 Å². The number of likely N-dealkylation sites (N-methyl/N-ethyl adjacent to an activating group) is 1. The number of aromatic nitrogens is 4. The van der Waals surface area contributed by atoms with Crippen molar-refractivity contribution in [2.45, 2.75) is 51.6 Å². The molecule has 8 heteroatoms. The maximum Gasteiger partial charge on any atom is 0.263 e. The predicted octanol–water partition coefficient (Wildman–Crippen LogP) is 1.51. The lowest BCUT2D eigenvalue weighted by Gasteiger charge is -2.20. The highest BCUT2D eigenvalue weighted by molar-refractivity contribution is 5.84. The number of anilines is 1. The van der Waals surface area contributed by atoms with E-state index < -0.39 is 6.04 Å². The van der Waals surface area contributed by atoms with Crippen LogP contribution in [-0.2, 0) is 4.79 Å². The summed E-state index contributed by atoms with van der Waals surface area (Å²) in [4.78, 5) is 33.3. The van der Waals surface area contributed by atoms with Gasteiger partial charge in [-0.2, -0.15) is 10.1 Å². The van der Waals surface area contributed by atoms with E-state index in [2.05, 4.69) is 20.4 Å². The smallest absolute Gasteiger partial charge is 0.263 e. The van der Waals surface area contributed by atoms with Gasteiger partial charge >= 0.3 is 0 Å². The Bertz CT molecular complexity index is 789.